The van der Waals surface area contributed by atoms with Crippen LogP contribution in [0.25, 0.3) is 38.8 Å². The third-order valence-corrected chi connectivity index (χ3v) is 6.84. The maximum absolute atomic E-state index is 13.8. The van der Waals surface area contributed by atoms with Crippen LogP contribution in [0.3, 0.4) is 0 Å². The summed E-state index contributed by atoms with van der Waals surface area (Å²) in [5.74, 6) is 1.12. The lowest BCUT2D eigenvalue weighted by Crippen LogP contribution is -2.20. The first-order valence-corrected chi connectivity index (χ1v) is 12.7. The Balaban J connectivity index is 1.48. The largest absolute Gasteiger partial charge is 0.497 e. The molecule has 3 aromatic carbocycles. The second kappa shape index (κ2) is 9.40. The van der Waals surface area contributed by atoms with Crippen LogP contribution < -0.4 is 15.6 Å². The van der Waals surface area contributed by atoms with Crippen molar-refractivity contribution < 1.29 is 4.74 Å². The van der Waals surface area contributed by atoms with Crippen molar-refractivity contribution in [2.45, 2.75) is 26.2 Å². The molecule has 3 heterocycles. The van der Waals surface area contributed by atoms with Gasteiger partial charge in [-0.3, -0.25) is 14.5 Å². The van der Waals surface area contributed by atoms with Crippen molar-refractivity contribution in [1.29, 1.82) is 0 Å². The number of benzene rings is 3. The van der Waals surface area contributed by atoms with E-state index in [-0.39, 0.29) is 11.0 Å². The van der Waals surface area contributed by atoms with Crippen molar-refractivity contribution in [1.82, 2.24) is 24.7 Å². The smallest absolute Gasteiger partial charge is 0.267 e. The van der Waals surface area contributed by atoms with Gasteiger partial charge in [-0.1, -0.05) is 57.2 Å². The van der Waals surface area contributed by atoms with Gasteiger partial charge in [0.1, 0.15) is 11.3 Å². The Bertz CT molecular complexity index is 1860. The third kappa shape index (κ3) is 4.50. The molecule has 2 N–H and O–H groups in total. The number of rotatable bonds is 5. The summed E-state index contributed by atoms with van der Waals surface area (Å²) in [6.45, 7) is 6.60. The molecule has 0 aliphatic carbocycles. The van der Waals surface area contributed by atoms with Crippen LogP contribution >= 0.6 is 0 Å². The summed E-state index contributed by atoms with van der Waals surface area (Å²) in [5.41, 5.74) is 5.72. The Morgan fingerprint density at radius 3 is 2.41 bits per heavy atom. The Kier molecular flexibility index (Phi) is 5.87. The SMILES string of the molecule is COc1ccc(Nc2ncc3c4n[nH]cc4c(=O)n(-c4cccc(-c5ccc(C(C)(C)C)cc5)c4)c3n2)cc1. The number of fused-ring (bicyclic) bond motifs is 3. The molecule has 0 unspecified atom stereocenters. The first-order chi connectivity index (χ1) is 18.8. The first-order valence-electron chi connectivity index (χ1n) is 12.7. The summed E-state index contributed by atoms with van der Waals surface area (Å²) in [6, 6.07) is 24.0. The van der Waals surface area contributed by atoms with Crippen LogP contribution in [0.4, 0.5) is 11.6 Å². The van der Waals surface area contributed by atoms with Crippen molar-refractivity contribution in [2.75, 3.05) is 12.4 Å². The Morgan fingerprint density at radius 2 is 1.69 bits per heavy atom. The Hall–Kier alpha value is -4.98. The summed E-state index contributed by atoms with van der Waals surface area (Å²) in [7, 11) is 1.62. The number of pyridine rings is 1. The molecule has 0 fully saturated rings. The predicted molar refractivity (Wildman–Crippen MR) is 155 cm³/mol. The van der Waals surface area contributed by atoms with Crippen LogP contribution in [0.5, 0.6) is 5.75 Å². The number of hydrogen-bond donors (Lipinski definition) is 2. The van der Waals surface area contributed by atoms with Gasteiger partial charge in [0.05, 0.1) is 23.6 Å². The van der Waals surface area contributed by atoms with Crippen LogP contribution in [0.2, 0.25) is 0 Å². The normalized spacial score (nSPS) is 11.7. The lowest BCUT2D eigenvalue weighted by Gasteiger charge is -2.19. The van der Waals surface area contributed by atoms with Crippen LogP contribution in [0.15, 0.2) is 90.0 Å². The maximum atomic E-state index is 13.8. The molecule has 39 heavy (non-hydrogen) atoms. The topological polar surface area (TPSA) is 97.7 Å². The molecule has 8 heteroatoms. The fraction of sp³-hybridized carbons (Fsp3) is 0.161. The standard InChI is InChI=1S/C31H28N6O2/c1-31(2,3)21-10-8-19(9-11-21)20-6-5-7-23(16-20)37-28-25(27-26(29(37)38)18-33-36-27)17-32-30(35-28)34-22-12-14-24(39-4)15-13-22/h5-18H,1-4H3,(H,33,36)(H,32,34,35). The van der Waals surface area contributed by atoms with Gasteiger partial charge in [0.25, 0.3) is 5.56 Å². The molecule has 3 aromatic heterocycles. The van der Waals surface area contributed by atoms with E-state index >= 15 is 0 Å². The van der Waals surface area contributed by atoms with E-state index in [0.717, 1.165) is 22.6 Å². The number of aromatic nitrogens is 5. The average Bonchev–Trinajstić information content (AvgIpc) is 3.44. The van der Waals surface area contributed by atoms with Crippen molar-refractivity contribution in [3.8, 4) is 22.6 Å². The number of ether oxygens (including phenoxy) is 1. The monoisotopic (exact) mass is 516 g/mol. The molecule has 194 valence electrons. The maximum Gasteiger partial charge on any atom is 0.267 e. The highest BCUT2D eigenvalue weighted by molar-refractivity contribution is 6.02. The highest BCUT2D eigenvalue weighted by atomic mass is 16.5. The summed E-state index contributed by atoms with van der Waals surface area (Å²) >= 11 is 0. The second-order valence-electron chi connectivity index (χ2n) is 10.5. The zero-order valence-corrected chi connectivity index (χ0v) is 22.2. The fourth-order valence-electron chi connectivity index (χ4n) is 4.68. The molecule has 0 amide bonds. The molecular formula is C31H28N6O2. The van der Waals surface area contributed by atoms with E-state index in [1.807, 2.05) is 48.5 Å². The molecule has 6 rings (SSSR count). The summed E-state index contributed by atoms with van der Waals surface area (Å²) in [6.07, 6.45) is 3.31. The summed E-state index contributed by atoms with van der Waals surface area (Å²) in [4.78, 5) is 23.0. The van der Waals surface area contributed by atoms with E-state index in [4.69, 9.17) is 9.72 Å². The van der Waals surface area contributed by atoms with Gasteiger partial charge in [0.2, 0.25) is 5.95 Å². The number of anilines is 2. The molecule has 0 saturated carbocycles. The summed E-state index contributed by atoms with van der Waals surface area (Å²) < 4.78 is 6.87. The van der Waals surface area contributed by atoms with Gasteiger partial charge >= 0.3 is 0 Å². The zero-order chi connectivity index (χ0) is 27.1. The molecule has 0 aliphatic heterocycles. The van der Waals surface area contributed by atoms with E-state index in [1.54, 1.807) is 24.1 Å². The molecule has 6 aromatic rings. The van der Waals surface area contributed by atoms with E-state index in [9.17, 15) is 4.79 Å². The van der Waals surface area contributed by atoms with Gasteiger partial charge < -0.3 is 10.1 Å². The number of H-pyrrole nitrogens is 1. The molecule has 0 radical (unpaired) electrons. The first kappa shape index (κ1) is 24.4. The summed E-state index contributed by atoms with van der Waals surface area (Å²) in [5, 5.41) is 11.5. The van der Waals surface area contributed by atoms with E-state index < -0.39 is 0 Å². The number of hydrogen-bond acceptors (Lipinski definition) is 6. The van der Waals surface area contributed by atoms with Gasteiger partial charge in [0, 0.05) is 18.1 Å². The van der Waals surface area contributed by atoms with Gasteiger partial charge in [0.15, 0.2) is 5.65 Å². The highest BCUT2D eigenvalue weighted by Crippen LogP contribution is 2.29. The molecule has 8 nitrogen and oxygen atoms in total. The van der Waals surface area contributed by atoms with E-state index in [1.165, 1.54) is 5.56 Å². The molecular weight excluding hydrogens is 488 g/mol. The lowest BCUT2D eigenvalue weighted by molar-refractivity contribution is 0.415. The lowest BCUT2D eigenvalue weighted by atomic mass is 9.86. The quantitative estimate of drug-likeness (QED) is 0.276. The zero-order valence-electron chi connectivity index (χ0n) is 22.2. The van der Waals surface area contributed by atoms with Crippen LogP contribution in [-0.2, 0) is 5.41 Å². The molecule has 0 bridgehead atoms. The minimum absolute atomic E-state index is 0.0733. The molecule has 0 spiro atoms. The predicted octanol–water partition coefficient (Wildman–Crippen LogP) is 6.37. The van der Waals surface area contributed by atoms with Gasteiger partial charge in [-0.05, 0) is 58.5 Å². The number of nitrogens with one attached hydrogen (secondary N) is 2. The van der Waals surface area contributed by atoms with Gasteiger partial charge in [-0.15, -0.1) is 0 Å². The van der Waals surface area contributed by atoms with Crippen molar-refractivity contribution in [2.24, 2.45) is 0 Å². The molecule has 0 aliphatic rings. The van der Waals surface area contributed by atoms with Crippen molar-refractivity contribution in [3.63, 3.8) is 0 Å². The Morgan fingerprint density at radius 1 is 0.923 bits per heavy atom. The van der Waals surface area contributed by atoms with Crippen LogP contribution in [0, 0.1) is 0 Å². The second-order valence-corrected chi connectivity index (χ2v) is 10.5. The third-order valence-electron chi connectivity index (χ3n) is 6.84. The minimum Gasteiger partial charge on any atom is -0.497 e. The number of aromatic amines is 1. The fourth-order valence-corrected chi connectivity index (χ4v) is 4.68. The number of nitrogens with zero attached hydrogens (tertiary/aromatic N) is 4. The van der Waals surface area contributed by atoms with Crippen molar-refractivity contribution in [3.05, 3.63) is 101 Å². The van der Waals surface area contributed by atoms with Gasteiger partial charge in [-0.2, -0.15) is 10.1 Å². The Labute approximate surface area is 225 Å². The minimum atomic E-state index is -0.208. The van der Waals surface area contributed by atoms with E-state index in [0.29, 0.717) is 33.6 Å². The van der Waals surface area contributed by atoms with E-state index in [2.05, 4.69) is 65.5 Å². The van der Waals surface area contributed by atoms with Crippen LogP contribution in [-0.4, -0.2) is 31.8 Å². The van der Waals surface area contributed by atoms with Crippen molar-refractivity contribution >= 4 is 33.6 Å². The number of methoxy groups -OCH3 is 1. The molecule has 0 saturated heterocycles. The average molecular weight is 517 g/mol. The van der Waals surface area contributed by atoms with Gasteiger partial charge in [-0.25, -0.2) is 4.98 Å². The highest BCUT2D eigenvalue weighted by Gasteiger charge is 2.18. The molecule has 0 atom stereocenters. The van der Waals surface area contributed by atoms with Crippen LogP contribution in [0.1, 0.15) is 26.3 Å².